The molecule has 1 aromatic heterocycles. The number of aromatic nitrogens is 3. The van der Waals surface area contributed by atoms with E-state index in [0.29, 0.717) is 12.5 Å². The minimum absolute atomic E-state index is 0.515. The third-order valence-electron chi connectivity index (χ3n) is 4.97. The van der Waals surface area contributed by atoms with Crippen LogP contribution in [0.5, 0.6) is 5.75 Å². The van der Waals surface area contributed by atoms with Gasteiger partial charge in [-0.1, -0.05) is 67.4 Å². The molecule has 4 nitrogen and oxygen atoms in total. The van der Waals surface area contributed by atoms with E-state index >= 15 is 0 Å². The molecule has 27 heavy (non-hydrogen) atoms. The minimum atomic E-state index is 0.515. The third kappa shape index (κ3) is 4.53. The normalized spacial score (nSPS) is 15.0. The maximum atomic E-state index is 5.82. The van der Waals surface area contributed by atoms with Crippen molar-refractivity contribution in [3.05, 3.63) is 66.5 Å². The van der Waals surface area contributed by atoms with E-state index in [4.69, 9.17) is 4.74 Å². The Hall–Kier alpha value is -2.27. The van der Waals surface area contributed by atoms with Gasteiger partial charge >= 0.3 is 0 Å². The van der Waals surface area contributed by atoms with Crippen LogP contribution in [0.2, 0.25) is 0 Å². The monoisotopic (exact) mass is 379 g/mol. The van der Waals surface area contributed by atoms with Crippen LogP contribution in [0, 0.1) is 0 Å². The Morgan fingerprint density at radius 1 is 0.889 bits per heavy atom. The number of hydrogen-bond donors (Lipinski definition) is 0. The maximum absolute atomic E-state index is 5.82. The van der Waals surface area contributed by atoms with Crippen molar-refractivity contribution in [2.24, 2.45) is 0 Å². The zero-order valence-corrected chi connectivity index (χ0v) is 16.3. The first kappa shape index (κ1) is 18.1. The summed E-state index contributed by atoms with van der Waals surface area (Å²) in [5.74, 6) is 3.38. The second-order valence-corrected chi connectivity index (χ2v) is 7.92. The predicted octanol–water partition coefficient (Wildman–Crippen LogP) is 5.49. The van der Waals surface area contributed by atoms with Crippen LogP contribution in [-0.4, -0.2) is 27.1 Å². The average molecular weight is 380 g/mol. The van der Waals surface area contributed by atoms with Crippen molar-refractivity contribution in [2.45, 2.75) is 43.2 Å². The third-order valence-corrected chi connectivity index (χ3v) is 5.86. The van der Waals surface area contributed by atoms with Gasteiger partial charge in [-0.3, -0.25) is 4.57 Å². The van der Waals surface area contributed by atoms with Gasteiger partial charge in [0.1, 0.15) is 11.6 Å². The molecule has 2 aromatic carbocycles. The number of nitrogens with zero attached hydrogens (tertiary/aromatic N) is 3. The van der Waals surface area contributed by atoms with Crippen molar-refractivity contribution >= 4 is 11.8 Å². The fraction of sp³-hybridized carbons (Fsp3) is 0.364. The topological polar surface area (TPSA) is 39.9 Å². The van der Waals surface area contributed by atoms with Crippen LogP contribution >= 0.6 is 11.8 Å². The number of hydrogen-bond acceptors (Lipinski definition) is 4. The standard InChI is InChI=1S/C22H25N3OS/c1-4-10-18(11-5-1)21-23-24-22(25(21)19-12-6-2-7-13-19)27-17-16-26-20-14-8-3-9-15-20/h2-3,6-9,12-15,18H,1,4-5,10-11,16-17H2. The van der Waals surface area contributed by atoms with Crippen molar-refractivity contribution < 1.29 is 4.74 Å². The fourth-order valence-corrected chi connectivity index (χ4v) is 4.40. The van der Waals surface area contributed by atoms with E-state index in [1.165, 1.54) is 32.1 Å². The maximum Gasteiger partial charge on any atom is 0.195 e. The molecule has 0 bridgehead atoms. The Bertz CT molecular complexity index is 829. The van der Waals surface area contributed by atoms with Gasteiger partial charge in [-0.15, -0.1) is 10.2 Å². The van der Waals surface area contributed by atoms with E-state index in [-0.39, 0.29) is 0 Å². The van der Waals surface area contributed by atoms with Crippen molar-refractivity contribution in [3.63, 3.8) is 0 Å². The van der Waals surface area contributed by atoms with Crippen LogP contribution in [0.25, 0.3) is 5.69 Å². The summed E-state index contributed by atoms with van der Waals surface area (Å²) in [7, 11) is 0. The SMILES string of the molecule is c1ccc(OCCSc2nnc(C3CCCCC3)n2-c2ccccc2)cc1. The van der Waals surface area contributed by atoms with Crippen LogP contribution < -0.4 is 4.74 Å². The highest BCUT2D eigenvalue weighted by molar-refractivity contribution is 7.99. The highest BCUT2D eigenvalue weighted by atomic mass is 32.2. The summed E-state index contributed by atoms with van der Waals surface area (Å²) >= 11 is 1.71. The van der Waals surface area contributed by atoms with Gasteiger partial charge in [0.2, 0.25) is 0 Å². The summed E-state index contributed by atoms with van der Waals surface area (Å²) in [6.45, 7) is 0.648. The molecular weight excluding hydrogens is 354 g/mol. The first-order valence-corrected chi connectivity index (χ1v) is 10.7. The first-order valence-electron chi connectivity index (χ1n) is 9.73. The molecule has 1 heterocycles. The van der Waals surface area contributed by atoms with E-state index in [2.05, 4.69) is 45.1 Å². The van der Waals surface area contributed by atoms with Crippen LogP contribution in [-0.2, 0) is 0 Å². The Morgan fingerprint density at radius 2 is 1.59 bits per heavy atom. The molecule has 0 saturated heterocycles. The van der Waals surface area contributed by atoms with Crippen molar-refractivity contribution in [3.8, 4) is 11.4 Å². The number of thioether (sulfide) groups is 1. The van der Waals surface area contributed by atoms with Gasteiger partial charge in [-0.2, -0.15) is 0 Å². The van der Waals surface area contributed by atoms with E-state index < -0.39 is 0 Å². The Balaban J connectivity index is 1.49. The summed E-state index contributed by atoms with van der Waals surface area (Å²) in [6, 6.07) is 20.4. The molecule has 0 aliphatic heterocycles. The quantitative estimate of drug-likeness (QED) is 0.402. The van der Waals surface area contributed by atoms with Crippen molar-refractivity contribution in [1.82, 2.24) is 14.8 Å². The van der Waals surface area contributed by atoms with Gasteiger partial charge in [0.25, 0.3) is 0 Å². The van der Waals surface area contributed by atoms with Crippen LogP contribution in [0.3, 0.4) is 0 Å². The van der Waals surface area contributed by atoms with Gasteiger partial charge in [0, 0.05) is 17.4 Å². The molecule has 1 aliphatic carbocycles. The van der Waals surface area contributed by atoms with Crippen molar-refractivity contribution in [2.75, 3.05) is 12.4 Å². The van der Waals surface area contributed by atoms with E-state index in [9.17, 15) is 0 Å². The Morgan fingerprint density at radius 3 is 2.33 bits per heavy atom. The van der Waals surface area contributed by atoms with Crippen molar-refractivity contribution in [1.29, 1.82) is 0 Å². The van der Waals surface area contributed by atoms with Gasteiger partial charge in [0.15, 0.2) is 5.16 Å². The van der Waals surface area contributed by atoms with E-state index in [0.717, 1.165) is 28.2 Å². The molecule has 1 fully saturated rings. The first-order chi connectivity index (χ1) is 13.4. The lowest BCUT2D eigenvalue weighted by Crippen LogP contribution is -2.12. The van der Waals surface area contributed by atoms with Crippen LogP contribution in [0.4, 0.5) is 0 Å². The van der Waals surface area contributed by atoms with Crippen LogP contribution in [0.1, 0.15) is 43.8 Å². The number of ether oxygens (including phenoxy) is 1. The summed E-state index contributed by atoms with van der Waals surface area (Å²) in [6.07, 6.45) is 6.35. The van der Waals surface area contributed by atoms with Gasteiger partial charge in [-0.05, 0) is 37.1 Å². The van der Waals surface area contributed by atoms with Gasteiger partial charge in [-0.25, -0.2) is 0 Å². The minimum Gasteiger partial charge on any atom is -0.493 e. The molecule has 0 atom stereocenters. The molecular formula is C22H25N3OS. The molecule has 5 heteroatoms. The zero-order valence-electron chi connectivity index (χ0n) is 15.5. The number of benzene rings is 2. The molecule has 0 radical (unpaired) electrons. The molecule has 1 aliphatic rings. The molecule has 0 spiro atoms. The lowest BCUT2D eigenvalue weighted by molar-refractivity contribution is 0.344. The highest BCUT2D eigenvalue weighted by Crippen LogP contribution is 2.34. The van der Waals surface area contributed by atoms with E-state index in [1.54, 1.807) is 11.8 Å². The second kappa shape index (κ2) is 9.09. The lowest BCUT2D eigenvalue weighted by Gasteiger charge is -2.22. The molecule has 0 amide bonds. The lowest BCUT2D eigenvalue weighted by atomic mass is 9.88. The number of para-hydroxylation sites is 2. The molecule has 3 aromatic rings. The molecule has 0 N–H and O–H groups in total. The average Bonchev–Trinajstić information content (AvgIpc) is 3.17. The number of rotatable bonds is 7. The largest absolute Gasteiger partial charge is 0.493 e. The Kier molecular flexibility index (Phi) is 6.10. The second-order valence-electron chi connectivity index (χ2n) is 6.86. The predicted molar refractivity (Wildman–Crippen MR) is 110 cm³/mol. The summed E-state index contributed by atoms with van der Waals surface area (Å²) in [5, 5.41) is 10.1. The molecule has 140 valence electrons. The van der Waals surface area contributed by atoms with E-state index in [1.807, 2.05) is 30.3 Å². The molecule has 1 saturated carbocycles. The molecule has 0 unspecified atom stereocenters. The Labute approximate surface area is 165 Å². The fourth-order valence-electron chi connectivity index (χ4n) is 3.63. The highest BCUT2D eigenvalue weighted by Gasteiger charge is 2.24. The molecule has 4 rings (SSSR count). The summed E-state index contributed by atoms with van der Waals surface area (Å²) in [5.41, 5.74) is 1.15. The summed E-state index contributed by atoms with van der Waals surface area (Å²) in [4.78, 5) is 0. The smallest absolute Gasteiger partial charge is 0.195 e. The van der Waals surface area contributed by atoms with Gasteiger partial charge < -0.3 is 4.74 Å². The summed E-state index contributed by atoms with van der Waals surface area (Å²) < 4.78 is 8.07. The zero-order chi connectivity index (χ0) is 18.3. The van der Waals surface area contributed by atoms with Gasteiger partial charge in [0.05, 0.1) is 6.61 Å². The van der Waals surface area contributed by atoms with Crippen LogP contribution in [0.15, 0.2) is 65.8 Å².